The molecule has 0 bridgehead atoms. The van der Waals surface area contributed by atoms with Crippen LogP contribution in [0.5, 0.6) is 0 Å². The first-order chi connectivity index (χ1) is 21.0. The number of rotatable bonds is 6. The maximum absolute atomic E-state index is 3.53. The van der Waals surface area contributed by atoms with E-state index in [9.17, 15) is 0 Å². The minimum absolute atomic E-state index is 0.960. The molecule has 0 unspecified atom stereocenters. The summed E-state index contributed by atoms with van der Waals surface area (Å²) in [5.74, 6) is 0. The molecule has 0 amide bonds. The Bertz CT molecular complexity index is 1620. The Labute approximate surface area is 263 Å². The van der Waals surface area contributed by atoms with E-state index < -0.39 is 0 Å². The zero-order valence-corrected chi connectivity index (χ0v) is 26.5. The second-order valence-electron chi connectivity index (χ2n) is 10.6. The largest absolute Gasteiger partial charge is 0.311 e. The van der Waals surface area contributed by atoms with Gasteiger partial charge in [-0.25, -0.2) is 0 Å². The normalized spacial score (nSPS) is 10.1. The number of anilines is 3. The standard InChI is InChI=1S/C33H29N.C7H8.CH4S/c1-25-8-12-27(13-9-25)24-28-14-16-29(17-15-28)30-18-22-33(23-19-30)34(31-6-4-3-5-7-31)32-20-10-26(2)11-21-32;1-7-5-3-2-4-6-7;1-2/h3-23H,24H2,1-2H3;2-6H,1H3;2H,1H3. The third-order valence-corrected chi connectivity index (χ3v) is 7.19. The summed E-state index contributed by atoms with van der Waals surface area (Å²) in [6, 6.07) is 56.1. The molecular formula is C41H41NS. The maximum Gasteiger partial charge on any atom is 0.0462 e. The van der Waals surface area contributed by atoms with Crippen LogP contribution in [0.3, 0.4) is 0 Å². The van der Waals surface area contributed by atoms with E-state index in [1.807, 2.05) is 18.2 Å². The first-order valence-corrected chi connectivity index (χ1v) is 15.6. The van der Waals surface area contributed by atoms with Crippen molar-refractivity contribution in [2.45, 2.75) is 27.2 Å². The van der Waals surface area contributed by atoms with Crippen LogP contribution in [0.2, 0.25) is 0 Å². The highest BCUT2D eigenvalue weighted by Gasteiger charge is 2.12. The first-order valence-electron chi connectivity index (χ1n) is 14.7. The van der Waals surface area contributed by atoms with Gasteiger partial charge in [-0.3, -0.25) is 0 Å². The maximum atomic E-state index is 3.53. The molecule has 0 spiro atoms. The SMILES string of the molecule is CS.Cc1ccc(Cc2ccc(-c3ccc(N(c4ccccc4)c4ccc(C)cc4)cc3)cc2)cc1.Cc1ccccc1. The van der Waals surface area contributed by atoms with Crippen molar-refractivity contribution in [3.8, 4) is 11.1 Å². The van der Waals surface area contributed by atoms with Gasteiger partial charge in [0.2, 0.25) is 0 Å². The molecule has 0 aliphatic rings. The number of para-hydroxylation sites is 1. The molecule has 0 heterocycles. The van der Waals surface area contributed by atoms with E-state index in [0.717, 1.165) is 23.5 Å². The van der Waals surface area contributed by atoms with Crippen molar-refractivity contribution in [3.63, 3.8) is 0 Å². The molecule has 0 fully saturated rings. The quantitative estimate of drug-likeness (QED) is 0.192. The monoisotopic (exact) mass is 579 g/mol. The number of aryl methyl sites for hydroxylation is 3. The number of benzene rings is 6. The number of hydrogen-bond donors (Lipinski definition) is 1. The Morgan fingerprint density at radius 1 is 0.372 bits per heavy atom. The van der Waals surface area contributed by atoms with E-state index in [4.69, 9.17) is 0 Å². The molecule has 6 aromatic rings. The van der Waals surface area contributed by atoms with Crippen molar-refractivity contribution in [1.82, 2.24) is 0 Å². The molecule has 0 atom stereocenters. The molecule has 0 aromatic heterocycles. The fraction of sp³-hybridized carbons (Fsp3) is 0.122. The lowest BCUT2D eigenvalue weighted by Crippen LogP contribution is -2.09. The summed E-state index contributed by atoms with van der Waals surface area (Å²) < 4.78 is 0. The highest BCUT2D eigenvalue weighted by molar-refractivity contribution is 7.79. The van der Waals surface area contributed by atoms with Crippen LogP contribution in [0.15, 0.2) is 158 Å². The Morgan fingerprint density at radius 2 is 0.698 bits per heavy atom. The minimum Gasteiger partial charge on any atom is -0.311 e. The Kier molecular flexibility index (Phi) is 11.8. The molecule has 0 aliphatic carbocycles. The second kappa shape index (κ2) is 16.2. The van der Waals surface area contributed by atoms with Gasteiger partial charge in [-0.2, -0.15) is 12.6 Å². The lowest BCUT2D eigenvalue weighted by atomic mass is 9.99. The topological polar surface area (TPSA) is 3.24 Å². The predicted octanol–water partition coefficient (Wildman–Crippen LogP) is 11.6. The van der Waals surface area contributed by atoms with Gasteiger partial charge in [0.15, 0.2) is 0 Å². The van der Waals surface area contributed by atoms with Crippen LogP contribution < -0.4 is 4.90 Å². The van der Waals surface area contributed by atoms with Gasteiger partial charge in [-0.15, -0.1) is 0 Å². The molecule has 2 heteroatoms. The molecule has 216 valence electrons. The summed E-state index contributed by atoms with van der Waals surface area (Å²) in [6.45, 7) is 6.33. The molecule has 0 radical (unpaired) electrons. The second-order valence-corrected chi connectivity index (χ2v) is 10.6. The van der Waals surface area contributed by atoms with Crippen molar-refractivity contribution >= 4 is 29.7 Å². The van der Waals surface area contributed by atoms with Crippen LogP contribution >= 0.6 is 12.6 Å². The van der Waals surface area contributed by atoms with E-state index in [1.54, 1.807) is 6.26 Å². The van der Waals surface area contributed by atoms with Crippen LogP contribution in [-0.2, 0) is 6.42 Å². The van der Waals surface area contributed by atoms with Crippen molar-refractivity contribution in [2.75, 3.05) is 11.2 Å². The van der Waals surface area contributed by atoms with Gasteiger partial charge in [0.25, 0.3) is 0 Å². The van der Waals surface area contributed by atoms with Crippen LogP contribution in [0.4, 0.5) is 17.1 Å². The fourth-order valence-electron chi connectivity index (χ4n) is 4.81. The molecule has 43 heavy (non-hydrogen) atoms. The summed E-state index contributed by atoms with van der Waals surface area (Å²) in [5.41, 5.74) is 12.5. The highest BCUT2D eigenvalue weighted by Crippen LogP contribution is 2.35. The molecule has 6 rings (SSSR count). The summed E-state index contributed by atoms with van der Waals surface area (Å²) in [5, 5.41) is 0. The number of thiol groups is 1. The average molecular weight is 580 g/mol. The smallest absolute Gasteiger partial charge is 0.0462 e. The summed E-state index contributed by atoms with van der Waals surface area (Å²) in [6.07, 6.45) is 2.65. The average Bonchev–Trinajstić information content (AvgIpc) is 3.06. The molecule has 0 N–H and O–H groups in total. The van der Waals surface area contributed by atoms with E-state index >= 15 is 0 Å². The van der Waals surface area contributed by atoms with E-state index in [1.165, 1.54) is 38.9 Å². The Morgan fingerprint density at radius 3 is 1.14 bits per heavy atom. The van der Waals surface area contributed by atoms with Gasteiger partial charge in [0, 0.05) is 17.1 Å². The molecule has 0 aliphatic heterocycles. The minimum atomic E-state index is 0.960. The third-order valence-electron chi connectivity index (χ3n) is 7.19. The van der Waals surface area contributed by atoms with Crippen LogP contribution in [-0.4, -0.2) is 6.26 Å². The summed E-state index contributed by atoms with van der Waals surface area (Å²) in [4.78, 5) is 2.30. The van der Waals surface area contributed by atoms with Crippen LogP contribution in [0.1, 0.15) is 27.8 Å². The Balaban J connectivity index is 0.000000409. The highest BCUT2D eigenvalue weighted by atomic mass is 32.1. The first kappa shape index (κ1) is 31.4. The number of hydrogen-bond acceptors (Lipinski definition) is 2. The zero-order valence-electron chi connectivity index (χ0n) is 25.6. The van der Waals surface area contributed by atoms with Crippen LogP contribution in [0, 0.1) is 20.8 Å². The third kappa shape index (κ3) is 9.23. The van der Waals surface area contributed by atoms with Crippen molar-refractivity contribution in [2.24, 2.45) is 0 Å². The summed E-state index contributed by atoms with van der Waals surface area (Å²) in [7, 11) is 0. The summed E-state index contributed by atoms with van der Waals surface area (Å²) >= 11 is 3.53. The predicted molar refractivity (Wildman–Crippen MR) is 191 cm³/mol. The molecule has 1 nitrogen and oxygen atoms in total. The molecule has 0 saturated carbocycles. The molecular weight excluding hydrogens is 539 g/mol. The van der Waals surface area contributed by atoms with Crippen molar-refractivity contribution < 1.29 is 0 Å². The van der Waals surface area contributed by atoms with Gasteiger partial charge < -0.3 is 4.90 Å². The van der Waals surface area contributed by atoms with E-state index in [-0.39, 0.29) is 0 Å². The van der Waals surface area contributed by atoms with Gasteiger partial charge in [-0.05, 0) is 92.1 Å². The molecule has 0 saturated heterocycles. The number of nitrogens with zero attached hydrogens (tertiary/aromatic N) is 1. The lowest BCUT2D eigenvalue weighted by Gasteiger charge is -2.25. The lowest BCUT2D eigenvalue weighted by molar-refractivity contribution is 1.19. The molecule has 6 aromatic carbocycles. The van der Waals surface area contributed by atoms with Gasteiger partial charge in [-0.1, -0.05) is 138 Å². The van der Waals surface area contributed by atoms with Crippen molar-refractivity contribution in [3.05, 3.63) is 186 Å². The van der Waals surface area contributed by atoms with Crippen molar-refractivity contribution in [1.29, 1.82) is 0 Å². The van der Waals surface area contributed by atoms with Gasteiger partial charge in [0.05, 0.1) is 0 Å². The Hall–Kier alpha value is -4.53. The van der Waals surface area contributed by atoms with E-state index in [2.05, 4.69) is 178 Å². The zero-order chi connectivity index (χ0) is 30.4. The van der Waals surface area contributed by atoms with Crippen LogP contribution in [0.25, 0.3) is 11.1 Å². The fourth-order valence-corrected chi connectivity index (χ4v) is 4.81. The van der Waals surface area contributed by atoms with Gasteiger partial charge in [0.1, 0.15) is 0 Å². The van der Waals surface area contributed by atoms with E-state index in [0.29, 0.717) is 0 Å². The van der Waals surface area contributed by atoms with Gasteiger partial charge >= 0.3 is 0 Å².